The molecule has 1 aromatic heterocycles. The molecule has 0 radical (unpaired) electrons. The zero-order valence-corrected chi connectivity index (χ0v) is 17.7. The minimum absolute atomic E-state index is 0.0665. The average Bonchev–Trinajstić information content (AvgIpc) is 2.64. The van der Waals surface area contributed by atoms with Gasteiger partial charge in [-0.25, -0.2) is 14.2 Å². The van der Waals surface area contributed by atoms with Crippen molar-refractivity contribution in [2.45, 2.75) is 19.2 Å². The fourth-order valence-corrected chi connectivity index (χ4v) is 3.12. The van der Waals surface area contributed by atoms with E-state index in [9.17, 15) is 27.6 Å². The number of carboxylic acids is 1. The van der Waals surface area contributed by atoms with Gasteiger partial charge < -0.3 is 14.6 Å². The van der Waals surface area contributed by atoms with Gasteiger partial charge in [0.1, 0.15) is 17.2 Å². The molecule has 1 aromatic carbocycles. The van der Waals surface area contributed by atoms with Crippen LogP contribution in [-0.2, 0) is 22.8 Å². The zero-order chi connectivity index (χ0) is 23.7. The Morgan fingerprint density at radius 3 is 2.32 bits per heavy atom. The van der Waals surface area contributed by atoms with Crippen LogP contribution in [0.25, 0.3) is 5.69 Å². The summed E-state index contributed by atoms with van der Waals surface area (Å²) < 4.78 is 50.3. The largest absolute Gasteiger partial charge is 0.497 e. The summed E-state index contributed by atoms with van der Waals surface area (Å²) in [7, 11) is 2.07. The Hall–Kier alpha value is -2.92. The summed E-state index contributed by atoms with van der Waals surface area (Å²) in [5.74, 6) is -1.51. The number of benzene rings is 1. The van der Waals surface area contributed by atoms with Crippen LogP contribution < -0.4 is 16.0 Å². The topological polar surface area (TPSA) is 99.8 Å². The summed E-state index contributed by atoms with van der Waals surface area (Å²) in [4.78, 5) is 35.7. The second kappa shape index (κ2) is 9.06. The number of nitrogens with zero attached hydrogens (tertiary/aromatic N) is 2. The van der Waals surface area contributed by atoms with Crippen LogP contribution in [0.4, 0.5) is 13.2 Å². The molecule has 0 saturated heterocycles. The van der Waals surface area contributed by atoms with E-state index in [1.807, 2.05) is 0 Å². The van der Waals surface area contributed by atoms with Crippen molar-refractivity contribution in [2.75, 3.05) is 7.11 Å². The fourth-order valence-electron chi connectivity index (χ4n) is 2.61. The molecule has 1 atom stereocenters. The van der Waals surface area contributed by atoms with Crippen LogP contribution in [0.5, 0.6) is 5.75 Å². The average molecular weight is 483 g/mol. The van der Waals surface area contributed by atoms with Crippen molar-refractivity contribution >= 4 is 29.2 Å². The molecule has 1 heterocycles. The Kier molecular flexibility index (Phi) is 7.12. The smallest absolute Gasteiger partial charge is 0.431 e. The van der Waals surface area contributed by atoms with E-state index in [0.29, 0.717) is 4.57 Å². The van der Waals surface area contributed by atoms with Crippen molar-refractivity contribution in [3.05, 3.63) is 66.6 Å². The first-order chi connectivity index (χ1) is 14.3. The molecule has 2 rings (SSSR count). The summed E-state index contributed by atoms with van der Waals surface area (Å²) >= 11 is 12.2. The lowest BCUT2D eigenvalue weighted by Crippen LogP contribution is -2.40. The van der Waals surface area contributed by atoms with Gasteiger partial charge >= 0.3 is 17.8 Å². The van der Waals surface area contributed by atoms with Gasteiger partial charge in [-0.3, -0.25) is 9.36 Å². The van der Waals surface area contributed by atoms with Gasteiger partial charge in [0.05, 0.1) is 28.9 Å². The molecule has 0 fully saturated rings. The molecule has 13 heteroatoms. The summed E-state index contributed by atoms with van der Waals surface area (Å²) in [6.07, 6.45) is -5.14. The summed E-state index contributed by atoms with van der Waals surface area (Å²) in [5, 5.41) is 8.59. The van der Waals surface area contributed by atoms with Gasteiger partial charge in [0.25, 0.3) is 5.56 Å². The molecule has 1 N–H and O–H groups in total. The molecule has 0 bridgehead atoms. The highest BCUT2D eigenvalue weighted by Gasteiger charge is 2.35. The van der Waals surface area contributed by atoms with E-state index in [-0.39, 0.29) is 37.9 Å². The van der Waals surface area contributed by atoms with Crippen molar-refractivity contribution in [3.63, 3.8) is 0 Å². The van der Waals surface area contributed by atoms with Crippen LogP contribution in [0.2, 0.25) is 10.0 Å². The Balaban J connectivity index is 2.64. The minimum atomic E-state index is -4.92. The number of methoxy groups -OCH3 is 1. The molecule has 1 unspecified atom stereocenters. The third kappa shape index (κ3) is 5.23. The van der Waals surface area contributed by atoms with Crippen LogP contribution >= 0.6 is 23.2 Å². The zero-order valence-electron chi connectivity index (χ0n) is 16.2. The van der Waals surface area contributed by atoms with Crippen LogP contribution in [0.15, 0.2) is 39.6 Å². The number of aromatic nitrogens is 2. The van der Waals surface area contributed by atoms with E-state index in [0.717, 1.165) is 25.3 Å². The molecule has 0 aliphatic carbocycles. The number of rotatable bonds is 6. The highest BCUT2D eigenvalue weighted by atomic mass is 35.5. The number of carbonyl (C=O) groups is 1. The van der Waals surface area contributed by atoms with Crippen LogP contribution in [0.1, 0.15) is 12.6 Å². The quantitative estimate of drug-likeness (QED) is 0.501. The summed E-state index contributed by atoms with van der Waals surface area (Å²) in [5.41, 5.74) is -4.29. The molecule has 168 valence electrons. The molecule has 0 aliphatic heterocycles. The highest BCUT2D eigenvalue weighted by molar-refractivity contribution is 6.36. The lowest BCUT2D eigenvalue weighted by atomic mass is 10.2. The van der Waals surface area contributed by atoms with Gasteiger partial charge in [-0.2, -0.15) is 13.2 Å². The number of ether oxygens (including phenoxy) is 2. The molecule has 31 heavy (non-hydrogen) atoms. The van der Waals surface area contributed by atoms with Gasteiger partial charge in [-0.15, -0.1) is 0 Å². The highest BCUT2D eigenvalue weighted by Crippen LogP contribution is 2.34. The van der Waals surface area contributed by atoms with Gasteiger partial charge in [0, 0.05) is 19.2 Å². The van der Waals surface area contributed by atoms with Gasteiger partial charge in [0.15, 0.2) is 6.10 Å². The molecule has 0 spiro atoms. The van der Waals surface area contributed by atoms with Crippen LogP contribution in [0.3, 0.4) is 0 Å². The van der Waals surface area contributed by atoms with E-state index >= 15 is 0 Å². The lowest BCUT2D eigenvalue weighted by Gasteiger charge is -2.19. The maximum atomic E-state index is 13.1. The van der Waals surface area contributed by atoms with E-state index in [2.05, 4.69) is 0 Å². The Morgan fingerprint density at radius 2 is 1.81 bits per heavy atom. The van der Waals surface area contributed by atoms with Crippen molar-refractivity contribution < 1.29 is 32.5 Å². The number of alkyl halides is 3. The van der Waals surface area contributed by atoms with E-state index in [1.165, 1.54) is 14.0 Å². The number of hydrogen-bond acceptors (Lipinski definition) is 5. The van der Waals surface area contributed by atoms with E-state index in [1.54, 1.807) is 0 Å². The lowest BCUT2D eigenvalue weighted by molar-refractivity contribution is -0.144. The molecular weight excluding hydrogens is 468 g/mol. The molecule has 0 saturated carbocycles. The second-order valence-corrected chi connectivity index (χ2v) is 6.94. The molecule has 8 nitrogen and oxygen atoms in total. The maximum Gasteiger partial charge on any atom is 0.431 e. The van der Waals surface area contributed by atoms with Gasteiger partial charge in [0.2, 0.25) is 0 Å². The number of aliphatic carboxylic acids is 1. The SMILES string of the molecule is COC(=CC(=O)O)C(C)Oc1cc(-n2c(=O)cc(C(F)(F)F)n(C)c2=O)c(Cl)cc1Cl. The van der Waals surface area contributed by atoms with Crippen molar-refractivity contribution in [1.82, 2.24) is 9.13 Å². The van der Waals surface area contributed by atoms with Crippen LogP contribution in [-0.4, -0.2) is 33.4 Å². The molecule has 2 aromatic rings. The van der Waals surface area contributed by atoms with Gasteiger partial charge in [-0.1, -0.05) is 23.2 Å². The summed E-state index contributed by atoms with van der Waals surface area (Å²) in [6.45, 7) is 1.44. The summed E-state index contributed by atoms with van der Waals surface area (Å²) in [6, 6.07) is 2.46. The second-order valence-electron chi connectivity index (χ2n) is 6.13. The first-order valence-electron chi connectivity index (χ1n) is 8.32. The fraction of sp³-hybridized carbons (Fsp3) is 0.278. The molecule has 0 amide bonds. The van der Waals surface area contributed by atoms with Crippen molar-refractivity contribution in [1.29, 1.82) is 0 Å². The van der Waals surface area contributed by atoms with E-state index in [4.69, 9.17) is 37.8 Å². The van der Waals surface area contributed by atoms with Crippen LogP contribution in [0, 0.1) is 0 Å². The predicted molar refractivity (Wildman–Crippen MR) is 105 cm³/mol. The predicted octanol–water partition coefficient (Wildman–Crippen LogP) is 3.24. The molecule has 0 aliphatic rings. The Labute approximate surface area is 182 Å². The third-order valence-electron chi connectivity index (χ3n) is 4.06. The third-order valence-corrected chi connectivity index (χ3v) is 4.66. The Bertz CT molecular complexity index is 1170. The van der Waals surface area contributed by atoms with E-state index < -0.39 is 35.2 Å². The number of halogens is 5. The Morgan fingerprint density at radius 1 is 1.19 bits per heavy atom. The number of hydrogen-bond donors (Lipinski definition) is 1. The normalized spacial score (nSPS) is 13.1. The first-order valence-corrected chi connectivity index (χ1v) is 9.08. The minimum Gasteiger partial charge on any atom is -0.497 e. The standard InChI is InChI=1S/C18H15Cl2F3N2O6/c1-8(12(30-3)6-16(27)28)31-13-5-11(9(19)4-10(13)20)25-15(26)7-14(18(21,22)23)24(2)17(25)29/h4-8H,1-3H3,(H,27,28). The first kappa shape index (κ1) is 24.4. The number of carboxylic acid groups (broad SMARTS) is 1. The van der Waals surface area contributed by atoms with Crippen molar-refractivity contribution in [3.8, 4) is 11.4 Å². The van der Waals surface area contributed by atoms with Crippen molar-refractivity contribution in [2.24, 2.45) is 7.05 Å². The monoisotopic (exact) mass is 482 g/mol. The van der Waals surface area contributed by atoms with Gasteiger partial charge in [-0.05, 0) is 13.0 Å². The molecular formula is C18H15Cl2F3N2O6. The maximum absolute atomic E-state index is 13.1.